The molecule has 0 radical (unpaired) electrons. The number of aromatic hydroxyl groups is 2. The molecule has 696 valence electrons. The van der Waals surface area contributed by atoms with Crippen molar-refractivity contribution in [3.8, 4) is 80.5 Å². The van der Waals surface area contributed by atoms with Crippen molar-refractivity contribution in [3.63, 3.8) is 0 Å². The topological polar surface area (TPSA) is 352 Å². The van der Waals surface area contributed by atoms with E-state index in [1.54, 1.807) is 88.1 Å². The number of nitrogen functional groups attached to an aromatic ring is 1. The summed E-state index contributed by atoms with van der Waals surface area (Å²) in [5.41, 5.74) is 7.77. The Balaban J connectivity index is 0.000000171. The van der Waals surface area contributed by atoms with Gasteiger partial charge in [0.05, 0.1) is 105 Å². The van der Waals surface area contributed by atoms with Gasteiger partial charge in [0.2, 0.25) is 17.7 Å². The van der Waals surface area contributed by atoms with Gasteiger partial charge < -0.3 is 45.3 Å². The van der Waals surface area contributed by atoms with Gasteiger partial charge in [0.1, 0.15) is 88.5 Å². The van der Waals surface area contributed by atoms with Gasteiger partial charge in [0.15, 0.2) is 29.1 Å². The zero-order chi connectivity index (χ0) is 98.7. The molecule has 3 aliphatic rings. The number of piperazine rings is 3. The molecule has 0 unspecified atom stereocenters. The summed E-state index contributed by atoms with van der Waals surface area (Å²) in [4.78, 5) is 118. The first kappa shape index (κ1) is 99.8. The van der Waals surface area contributed by atoms with E-state index in [0.29, 0.717) is 82.5 Å². The predicted molar refractivity (Wildman–Crippen MR) is 517 cm³/mol. The maximum absolute atomic E-state index is 15.5. The van der Waals surface area contributed by atoms with Crippen molar-refractivity contribution in [1.29, 1.82) is 15.8 Å². The highest BCUT2D eigenvalue weighted by molar-refractivity contribution is 6.40. The van der Waals surface area contributed by atoms with Crippen LogP contribution in [0, 0.1) is 90.8 Å². The number of phenols is 2. The molecule has 0 aliphatic carbocycles. The number of rotatable bonds is 15. The number of aromatic nitrogens is 9. The third-order valence-electron chi connectivity index (χ3n) is 23.4. The van der Waals surface area contributed by atoms with Crippen LogP contribution in [0.1, 0.15) is 115 Å². The number of nitrogens with zero attached hydrogens (tertiary/aromatic N) is 18. The quantitative estimate of drug-likeness (QED) is 0.0282. The van der Waals surface area contributed by atoms with Crippen LogP contribution in [-0.2, 0) is 14.4 Å². The highest BCUT2D eigenvalue weighted by Gasteiger charge is 2.38. The van der Waals surface area contributed by atoms with Gasteiger partial charge in [-0.1, -0.05) is 166 Å². The molecule has 135 heavy (non-hydrogen) atoms. The van der Waals surface area contributed by atoms with E-state index in [4.69, 9.17) is 115 Å². The minimum atomic E-state index is -1.37. The Bertz CT molecular complexity index is 6650. The number of pyridine rings is 9. The van der Waals surface area contributed by atoms with Crippen LogP contribution in [0.25, 0.3) is 83.9 Å². The number of carbonyl (C=O) groups is 3. The van der Waals surface area contributed by atoms with Crippen molar-refractivity contribution < 1.29 is 46.5 Å². The van der Waals surface area contributed by atoms with E-state index >= 15 is 8.78 Å². The van der Waals surface area contributed by atoms with Gasteiger partial charge in [-0.2, -0.15) is 15.8 Å². The smallest absolute Gasteiger partial charge is 0.276 e. The van der Waals surface area contributed by atoms with Gasteiger partial charge >= 0.3 is 0 Å². The second kappa shape index (κ2) is 40.1. The van der Waals surface area contributed by atoms with Gasteiger partial charge in [0.25, 0.3) is 16.7 Å². The van der Waals surface area contributed by atoms with Crippen LogP contribution in [0.15, 0.2) is 107 Å². The fraction of sp³-hybridized carbons (Fsp3) is 0.266. The molecule has 12 aromatic rings. The van der Waals surface area contributed by atoms with Crippen LogP contribution in [0.3, 0.4) is 0 Å². The number of anilines is 4. The first-order valence-corrected chi connectivity index (χ1v) is 44.9. The Kier molecular flexibility index (Phi) is 29.7. The summed E-state index contributed by atoms with van der Waals surface area (Å²) in [7, 11) is 0. The van der Waals surface area contributed by atoms with Crippen molar-refractivity contribution in [1.82, 2.24) is 58.3 Å². The number of hydrogen-bond acceptors (Lipinski definition) is 21. The summed E-state index contributed by atoms with van der Waals surface area (Å²) in [5, 5.41) is 48.9. The first-order valence-electron chi connectivity index (χ1n) is 41.5. The molecule has 3 saturated heterocycles. The maximum atomic E-state index is 15.5. The zero-order valence-corrected chi connectivity index (χ0v) is 80.3. The lowest BCUT2D eigenvalue weighted by Crippen LogP contribution is -2.49. The molecule has 3 fully saturated rings. The lowest BCUT2D eigenvalue weighted by atomic mass is 10.00. The van der Waals surface area contributed by atoms with Crippen LogP contribution in [0.5, 0.6) is 11.5 Å². The molecule has 27 nitrogen and oxygen atoms in total. The molecular weight excluding hydrogens is 1940 g/mol. The normalized spacial score (nSPS) is 13.4. The molecule has 15 rings (SSSR count). The third kappa shape index (κ3) is 17.8. The molecule has 0 spiro atoms. The van der Waals surface area contributed by atoms with Crippen LogP contribution in [0.2, 0.25) is 45.2 Å². The average Bonchev–Trinajstić information content (AvgIpc) is 0.728. The monoisotopic (exact) mass is 2010 g/mol. The number of carbonyl (C=O) groups excluding carboxylic acids is 3. The van der Waals surface area contributed by atoms with E-state index in [1.807, 2.05) is 65.5 Å². The van der Waals surface area contributed by atoms with E-state index in [-0.39, 0.29) is 203 Å². The highest BCUT2D eigenvalue weighted by Crippen LogP contribution is 2.51. The van der Waals surface area contributed by atoms with E-state index in [2.05, 4.69) is 50.7 Å². The molecule has 12 heterocycles. The molecule has 4 N–H and O–H groups in total. The minimum Gasteiger partial charge on any atom is -0.505 e. The van der Waals surface area contributed by atoms with E-state index < -0.39 is 88.5 Å². The summed E-state index contributed by atoms with van der Waals surface area (Å²) in [5.74, 6) is -9.47. The number of amides is 3. The molecule has 3 aromatic carbocycles. The third-order valence-corrected chi connectivity index (χ3v) is 26.4. The Morgan fingerprint density at radius 2 is 0.667 bits per heavy atom. The van der Waals surface area contributed by atoms with Crippen LogP contribution in [0.4, 0.5) is 44.7 Å². The zero-order valence-electron chi connectivity index (χ0n) is 73.5. The van der Waals surface area contributed by atoms with Gasteiger partial charge in [-0.3, -0.25) is 57.4 Å². The number of nitrogens with two attached hydrogens (primary N) is 1. The van der Waals surface area contributed by atoms with Crippen molar-refractivity contribution in [3.05, 3.63) is 254 Å². The second-order valence-corrected chi connectivity index (χ2v) is 35.9. The van der Waals surface area contributed by atoms with Crippen molar-refractivity contribution in [2.75, 3.05) is 99.0 Å². The van der Waals surface area contributed by atoms with Crippen molar-refractivity contribution >= 4 is 178 Å². The predicted octanol–water partition coefficient (Wildman–Crippen LogP) is 19.6. The Hall–Kier alpha value is -12.7. The van der Waals surface area contributed by atoms with Crippen LogP contribution < -0.4 is 37.1 Å². The fourth-order valence-corrected chi connectivity index (χ4v) is 18.7. The summed E-state index contributed by atoms with van der Waals surface area (Å²) >= 11 is 56.4. The first-order chi connectivity index (χ1) is 64.0. The largest absolute Gasteiger partial charge is 0.505 e. The Morgan fingerprint density at radius 1 is 0.407 bits per heavy atom. The number of hydrogen-bond donors (Lipinski definition) is 3. The standard InChI is InChI=1S/C32H29Cl3FN7O2.2C31H25Cl3F2N6O3/c1-6-21(44)41-9-11-42(12-10-41)30-18-13-20(33)28(22-17(5)23(34)25(36)24(35)26(22)38)40-31(18)43(32(45)19(30)14-37)29-16(4)7-8-39-27(29)15(2)3;2*1-5-19(43)40-8-10-41(11-9-40)28-16-12-18(32)26(20-23(35)21(33)24(36)22(34)29(20)44)39-30(16)42(31(45)17(28)13-37)27-15(4)6-7-38-25(27)14(2)3/h6-8,13,15H,1,9-12,38H2,2-5H3;2*5-7,12,14,44H,1,8-11H2,2-4H3. The summed E-state index contributed by atoms with van der Waals surface area (Å²) < 4.78 is 78.3. The Morgan fingerprint density at radius 3 is 0.919 bits per heavy atom. The Labute approximate surface area is 813 Å². The average molecular weight is 2020 g/mol. The summed E-state index contributed by atoms with van der Waals surface area (Å²) in [6.45, 7) is 32.5. The van der Waals surface area contributed by atoms with Crippen LogP contribution >= 0.6 is 104 Å². The summed E-state index contributed by atoms with van der Waals surface area (Å²) in [6.07, 6.45) is 8.52. The molecule has 0 atom stereocenters. The lowest BCUT2D eigenvalue weighted by Gasteiger charge is -2.36. The molecular formula is C94H79Cl9F5N19O8. The van der Waals surface area contributed by atoms with Crippen molar-refractivity contribution in [2.24, 2.45) is 0 Å². The number of phenolic OH excluding ortho intramolecular Hbond substituents is 2. The lowest BCUT2D eigenvalue weighted by molar-refractivity contribution is -0.127. The van der Waals surface area contributed by atoms with E-state index in [0.717, 1.165) is 5.56 Å². The van der Waals surface area contributed by atoms with Gasteiger partial charge in [0, 0.05) is 119 Å². The molecule has 41 heteroatoms. The highest BCUT2D eigenvalue weighted by atomic mass is 35.5. The van der Waals surface area contributed by atoms with E-state index in [9.17, 15) is 67.9 Å². The number of nitriles is 3. The SMILES string of the molecule is C=CC(=O)N1CCN(c2c(C#N)c(=O)n(-c3c(C)ccnc3C(C)C)c3nc(-c4c(C)c(Cl)c(F)c(Cl)c4N)c(Cl)cc23)CC1.C=CC(=O)N1CCN(c2c(C#N)c(=O)n(-c3c(C)ccnc3C(C)C)c3nc(-c4c(O)c(Cl)c(F)c(Cl)c4F)c(Cl)cc23)CC1.C=CC(=O)N1CCN(c2c(C#N)c(=O)n(-c3c(C)ccnc3C(C)C)c3nc(-c4c(O)c(Cl)c(F)c(Cl)c4F)c(Cl)cc23)CC1. The molecule has 9 aromatic heterocycles. The number of benzene rings is 3. The van der Waals surface area contributed by atoms with Crippen LogP contribution in [-0.4, -0.2) is 165 Å². The maximum Gasteiger partial charge on any atom is 0.276 e. The number of fused-ring (bicyclic) bond motifs is 3. The number of aryl methyl sites for hydroxylation is 3. The number of halogens is 14. The molecule has 3 amide bonds. The molecule has 0 saturated carbocycles. The molecule has 0 bridgehead atoms. The van der Waals surface area contributed by atoms with Crippen molar-refractivity contribution in [2.45, 2.75) is 87.0 Å². The van der Waals surface area contributed by atoms with E-state index in [1.165, 1.54) is 44.1 Å². The van der Waals surface area contributed by atoms with Gasteiger partial charge in [-0.15, -0.1) is 0 Å². The minimum absolute atomic E-state index is 0.0497. The molecule has 3 aliphatic heterocycles. The fourth-order valence-electron chi connectivity index (χ4n) is 16.7. The van der Waals surface area contributed by atoms with Gasteiger partial charge in [-0.05, 0) is 122 Å². The van der Waals surface area contributed by atoms with Gasteiger partial charge in [-0.25, -0.2) is 36.9 Å². The summed E-state index contributed by atoms with van der Waals surface area (Å²) in [6, 6.07) is 15.7. The second-order valence-electron chi connectivity index (χ2n) is 32.4.